The number of alkyl halides is 2. The molecule has 0 radical (unpaired) electrons. The van der Waals surface area contributed by atoms with E-state index >= 15 is 0 Å². The molecule has 0 spiro atoms. The molecule has 1 heterocycles. The monoisotopic (exact) mass is 391 g/mol. The lowest BCUT2D eigenvalue weighted by Crippen LogP contribution is -2.28. The third-order valence-corrected chi connectivity index (χ3v) is 4.22. The second-order valence-electron chi connectivity index (χ2n) is 6.31. The zero-order chi connectivity index (χ0) is 20.3. The highest BCUT2D eigenvalue weighted by Crippen LogP contribution is 2.23. The Morgan fingerprint density at radius 1 is 1.18 bits per heavy atom. The molecule has 0 amide bonds. The van der Waals surface area contributed by atoms with Gasteiger partial charge in [0.25, 0.3) is 5.56 Å². The Hall–Kier alpha value is -3.23. The van der Waals surface area contributed by atoms with E-state index in [1.807, 2.05) is 0 Å². The number of halogens is 3. The molecule has 0 aliphatic heterocycles. The van der Waals surface area contributed by atoms with Gasteiger partial charge in [0.1, 0.15) is 23.6 Å². The molecule has 0 saturated heterocycles. The molecule has 0 aliphatic carbocycles. The number of fused-ring (bicyclic) bond motifs is 1. The van der Waals surface area contributed by atoms with E-state index in [1.54, 1.807) is 19.1 Å². The van der Waals surface area contributed by atoms with Crippen LogP contribution >= 0.6 is 0 Å². The topological polar surface area (TPSA) is 74.1 Å². The fourth-order valence-electron chi connectivity index (χ4n) is 2.82. The second-order valence-corrected chi connectivity index (χ2v) is 6.31. The maximum Gasteiger partial charge on any atom is 0.387 e. The minimum Gasteiger partial charge on any atom is -0.435 e. The first-order valence-electron chi connectivity index (χ1n) is 8.43. The molecule has 3 rings (SSSR count). The Labute approximate surface area is 157 Å². The average Bonchev–Trinajstić information content (AvgIpc) is 2.64. The Bertz CT molecular complexity index is 1050. The molecule has 3 aromatic rings. The van der Waals surface area contributed by atoms with Crippen LogP contribution in [0.2, 0.25) is 0 Å². The predicted octanol–water partition coefficient (Wildman–Crippen LogP) is 3.29. The minimum atomic E-state index is -2.90. The van der Waals surface area contributed by atoms with E-state index in [0.29, 0.717) is 0 Å². The van der Waals surface area contributed by atoms with Gasteiger partial charge in [0, 0.05) is 6.42 Å². The number of rotatable bonds is 7. The number of aromatic nitrogens is 3. The molecule has 1 aromatic heterocycles. The van der Waals surface area contributed by atoms with Gasteiger partial charge in [-0.15, -0.1) is 5.10 Å². The molecule has 9 heteroatoms. The molecule has 146 valence electrons. The predicted molar refractivity (Wildman–Crippen MR) is 94.9 cm³/mol. The lowest BCUT2D eigenvalue weighted by atomic mass is 9.95. The highest BCUT2D eigenvalue weighted by Gasteiger charge is 2.15. The van der Waals surface area contributed by atoms with E-state index in [9.17, 15) is 22.8 Å². The van der Waals surface area contributed by atoms with Crippen LogP contribution in [0.3, 0.4) is 0 Å². The number of ether oxygens (including phenoxy) is 1. The third-order valence-electron chi connectivity index (χ3n) is 4.22. The number of ketones is 1. The molecular formula is C19H16F3N3O3. The largest absolute Gasteiger partial charge is 0.435 e. The summed E-state index contributed by atoms with van der Waals surface area (Å²) in [6, 6.07) is 9.56. The van der Waals surface area contributed by atoms with Gasteiger partial charge >= 0.3 is 6.61 Å². The molecule has 1 atom stereocenters. The van der Waals surface area contributed by atoms with Crippen molar-refractivity contribution >= 4 is 16.7 Å². The Morgan fingerprint density at radius 2 is 1.89 bits per heavy atom. The number of benzene rings is 2. The number of nitrogens with zero attached hydrogens (tertiary/aromatic N) is 3. The summed E-state index contributed by atoms with van der Waals surface area (Å²) in [5.41, 5.74) is 0.405. The zero-order valence-corrected chi connectivity index (χ0v) is 14.8. The van der Waals surface area contributed by atoms with Crippen molar-refractivity contribution in [1.29, 1.82) is 0 Å². The molecule has 0 N–H and O–H groups in total. The van der Waals surface area contributed by atoms with Crippen LogP contribution in [0.5, 0.6) is 5.75 Å². The van der Waals surface area contributed by atoms with Crippen molar-refractivity contribution in [3.8, 4) is 5.75 Å². The fourth-order valence-corrected chi connectivity index (χ4v) is 2.82. The fraction of sp³-hybridized carbons (Fsp3) is 0.263. The van der Waals surface area contributed by atoms with Gasteiger partial charge in [0.05, 0.1) is 5.39 Å². The van der Waals surface area contributed by atoms with Gasteiger partial charge < -0.3 is 4.74 Å². The van der Waals surface area contributed by atoms with E-state index in [4.69, 9.17) is 0 Å². The maximum absolute atomic E-state index is 13.4. The van der Waals surface area contributed by atoms with Crippen molar-refractivity contribution in [2.24, 2.45) is 0 Å². The van der Waals surface area contributed by atoms with Gasteiger partial charge in [-0.2, -0.15) is 8.78 Å². The smallest absolute Gasteiger partial charge is 0.387 e. The van der Waals surface area contributed by atoms with E-state index in [1.165, 1.54) is 24.3 Å². The van der Waals surface area contributed by atoms with Crippen LogP contribution in [0.4, 0.5) is 13.2 Å². The van der Waals surface area contributed by atoms with Gasteiger partial charge in [0.15, 0.2) is 5.78 Å². The minimum absolute atomic E-state index is 0.0301. The molecule has 0 aliphatic rings. The van der Waals surface area contributed by atoms with E-state index in [2.05, 4.69) is 15.0 Å². The summed E-state index contributed by atoms with van der Waals surface area (Å²) in [6.07, 6.45) is 0.102. The number of carbonyl (C=O) groups excluding carboxylic acids is 1. The molecule has 28 heavy (non-hydrogen) atoms. The van der Waals surface area contributed by atoms with E-state index in [0.717, 1.165) is 16.3 Å². The molecule has 0 unspecified atom stereocenters. The number of hydrogen-bond acceptors (Lipinski definition) is 5. The van der Waals surface area contributed by atoms with Gasteiger partial charge in [-0.25, -0.2) is 9.07 Å². The lowest BCUT2D eigenvalue weighted by molar-refractivity contribution is -0.120. The van der Waals surface area contributed by atoms with Crippen molar-refractivity contribution in [2.45, 2.75) is 32.4 Å². The summed E-state index contributed by atoms with van der Waals surface area (Å²) in [7, 11) is 0. The van der Waals surface area contributed by atoms with Crippen LogP contribution in [-0.4, -0.2) is 27.4 Å². The molecular weight excluding hydrogens is 375 g/mol. The van der Waals surface area contributed by atoms with Crippen LogP contribution in [0.15, 0.2) is 47.3 Å². The van der Waals surface area contributed by atoms with Crippen LogP contribution in [0.1, 0.15) is 24.8 Å². The summed E-state index contributed by atoms with van der Waals surface area (Å²) < 4.78 is 42.9. The Morgan fingerprint density at radius 3 is 2.57 bits per heavy atom. The van der Waals surface area contributed by atoms with E-state index in [-0.39, 0.29) is 41.3 Å². The number of hydrogen-bond donors (Lipinski definition) is 0. The van der Waals surface area contributed by atoms with Crippen molar-refractivity contribution < 1.29 is 22.7 Å². The van der Waals surface area contributed by atoms with Crippen molar-refractivity contribution in [2.75, 3.05) is 0 Å². The lowest BCUT2D eigenvalue weighted by Gasteiger charge is -2.12. The summed E-state index contributed by atoms with van der Waals surface area (Å²) in [4.78, 5) is 24.7. The quantitative estimate of drug-likeness (QED) is 0.618. The molecule has 2 aromatic carbocycles. The van der Waals surface area contributed by atoms with Gasteiger partial charge in [-0.1, -0.05) is 24.3 Å². The average molecular weight is 391 g/mol. The van der Waals surface area contributed by atoms with Gasteiger partial charge in [-0.05, 0) is 41.8 Å². The molecule has 6 nitrogen and oxygen atoms in total. The highest BCUT2D eigenvalue weighted by atomic mass is 19.3. The zero-order valence-electron chi connectivity index (χ0n) is 14.8. The third kappa shape index (κ3) is 4.54. The summed E-state index contributed by atoms with van der Waals surface area (Å²) in [5.74, 6) is -1.03. The van der Waals surface area contributed by atoms with Crippen LogP contribution < -0.4 is 10.3 Å². The Balaban J connectivity index is 1.69. The maximum atomic E-state index is 13.4. The van der Waals surface area contributed by atoms with Crippen molar-refractivity contribution in [3.05, 3.63) is 64.2 Å². The van der Waals surface area contributed by atoms with Crippen molar-refractivity contribution in [1.82, 2.24) is 15.0 Å². The molecule has 0 bridgehead atoms. The van der Waals surface area contributed by atoms with Crippen LogP contribution in [0, 0.1) is 5.82 Å². The summed E-state index contributed by atoms with van der Waals surface area (Å²) in [6.45, 7) is -1.40. The first-order valence-corrected chi connectivity index (χ1v) is 8.43. The SMILES string of the molecule is C[C@H](CC(=O)Cn1nnc2ccc(F)cc2c1=O)c1ccc(OC(F)F)cc1. The molecule has 0 fully saturated rings. The number of carbonyl (C=O) groups is 1. The first kappa shape index (κ1) is 19.5. The van der Waals surface area contributed by atoms with Crippen LogP contribution in [-0.2, 0) is 11.3 Å². The van der Waals surface area contributed by atoms with Crippen molar-refractivity contribution in [3.63, 3.8) is 0 Å². The second kappa shape index (κ2) is 8.20. The van der Waals surface area contributed by atoms with Crippen LogP contribution in [0.25, 0.3) is 10.9 Å². The first-order chi connectivity index (χ1) is 13.3. The summed E-state index contributed by atoms with van der Waals surface area (Å²) >= 11 is 0. The number of Topliss-reactive ketones (excluding diaryl/α,β-unsaturated/α-hetero) is 1. The van der Waals surface area contributed by atoms with Gasteiger partial charge in [-0.3, -0.25) is 9.59 Å². The molecule has 0 saturated carbocycles. The van der Waals surface area contributed by atoms with Gasteiger partial charge in [0.2, 0.25) is 0 Å². The Kier molecular flexibility index (Phi) is 5.72. The van der Waals surface area contributed by atoms with E-state index < -0.39 is 18.0 Å². The standard InChI is InChI=1S/C19H16F3N3O3/c1-11(12-2-5-15(6-3-12)28-19(21)22)8-14(26)10-25-18(27)16-9-13(20)4-7-17(16)23-24-25/h2-7,9,11,19H,8,10H2,1H3/t11-/m1/s1. The normalized spacial score (nSPS) is 12.3. The highest BCUT2D eigenvalue weighted by molar-refractivity contribution is 5.80. The summed E-state index contributed by atoms with van der Waals surface area (Å²) in [5, 5.41) is 7.59.